The molecule has 0 heterocycles. The Labute approximate surface area is 172 Å². The molecule has 0 aliphatic carbocycles. The summed E-state index contributed by atoms with van der Waals surface area (Å²) in [6, 6.07) is -2.77. The van der Waals surface area contributed by atoms with Gasteiger partial charge in [0.15, 0.2) is 0 Å². The molecule has 17 heteroatoms. The van der Waals surface area contributed by atoms with Gasteiger partial charge in [-0.05, 0) is 0 Å². The zero-order valence-electron chi connectivity index (χ0n) is 14.4. The van der Waals surface area contributed by atoms with Gasteiger partial charge in [0.25, 0.3) is 0 Å². The summed E-state index contributed by atoms with van der Waals surface area (Å²) in [5.41, 5.74) is 8.09. The topological polar surface area (TPSA) is 278 Å². The van der Waals surface area contributed by atoms with Gasteiger partial charge in [-0.1, -0.05) is 0 Å². The maximum absolute atomic E-state index is 10.4. The van der Waals surface area contributed by atoms with Gasteiger partial charge in [-0.25, -0.2) is 10.9 Å². The zero-order valence-corrected chi connectivity index (χ0v) is 15.5. The standard InChI is InChI=1S/2C6H10N2O6.Fe/c2*9-4(10)1-3(6(13)14)8-7-2-5(11)12;/h2*3,7-8H,1-2H2,(H,9,10)(H,11,12)(H,13,14);/q;;+2/p-2/t2*3-;/m00./s1. The van der Waals surface area contributed by atoms with Crippen LogP contribution in [0.15, 0.2) is 0 Å². The fourth-order valence-corrected chi connectivity index (χ4v) is 1.24. The third-order valence-electron chi connectivity index (χ3n) is 2.37. The van der Waals surface area contributed by atoms with Gasteiger partial charge in [-0.3, -0.25) is 30.0 Å². The number of hydrogen-bond acceptors (Lipinski definition) is 12. The third kappa shape index (κ3) is 21.3. The first-order valence-corrected chi connectivity index (χ1v) is 7.12. The molecule has 0 saturated heterocycles. The van der Waals surface area contributed by atoms with E-state index in [4.69, 9.17) is 20.4 Å². The van der Waals surface area contributed by atoms with Crippen LogP contribution < -0.4 is 31.9 Å². The predicted octanol–water partition coefficient (Wildman–Crippen LogP) is -6.49. The maximum atomic E-state index is 10.4. The first-order valence-electron chi connectivity index (χ1n) is 7.12. The van der Waals surface area contributed by atoms with Crippen LogP contribution in [0.25, 0.3) is 0 Å². The number of carbonyl (C=O) groups is 6. The molecule has 0 aliphatic heterocycles. The fraction of sp³-hybridized carbons (Fsp3) is 0.500. The maximum Gasteiger partial charge on any atom is 2.00 e. The van der Waals surface area contributed by atoms with E-state index < -0.39 is 73.8 Å². The minimum absolute atomic E-state index is 0. The number of nitrogens with one attached hydrogen (secondary N) is 4. The van der Waals surface area contributed by atoms with E-state index in [1.807, 2.05) is 21.7 Å². The Hall–Kier alpha value is -2.82. The van der Waals surface area contributed by atoms with E-state index in [0.717, 1.165) is 0 Å². The molecule has 8 N–H and O–H groups in total. The monoisotopic (exact) mass is 466 g/mol. The Bertz CT molecular complexity index is 537. The summed E-state index contributed by atoms with van der Waals surface area (Å²) in [5.74, 6) is -8.26. The second kappa shape index (κ2) is 17.3. The molecular weight excluding hydrogens is 448 g/mol. The van der Waals surface area contributed by atoms with Crippen molar-refractivity contribution >= 4 is 35.8 Å². The Balaban J connectivity index is -0.000000451. The third-order valence-corrected chi connectivity index (χ3v) is 2.37. The van der Waals surface area contributed by atoms with E-state index in [1.54, 1.807) is 0 Å². The molecule has 0 aromatic rings. The second-order valence-corrected chi connectivity index (χ2v) is 4.72. The summed E-state index contributed by atoms with van der Waals surface area (Å²) >= 11 is 0. The normalized spacial score (nSPS) is 11.6. The van der Waals surface area contributed by atoms with Crippen LogP contribution in [0.2, 0.25) is 0 Å². The molecule has 166 valence electrons. The van der Waals surface area contributed by atoms with Crippen molar-refractivity contribution in [3.05, 3.63) is 0 Å². The zero-order chi connectivity index (χ0) is 22.3. The van der Waals surface area contributed by atoms with Gasteiger partial charge in [0.05, 0.1) is 24.8 Å². The average molecular weight is 466 g/mol. The molecule has 2 atom stereocenters. The van der Waals surface area contributed by atoms with Crippen LogP contribution in [0.3, 0.4) is 0 Å². The van der Waals surface area contributed by atoms with Crippen LogP contribution in [0, 0.1) is 0 Å². The van der Waals surface area contributed by atoms with E-state index in [1.165, 1.54) is 0 Å². The van der Waals surface area contributed by atoms with Gasteiger partial charge >= 0.3 is 40.9 Å². The molecule has 0 bridgehead atoms. The second-order valence-electron chi connectivity index (χ2n) is 4.72. The van der Waals surface area contributed by atoms with Crippen molar-refractivity contribution in [1.82, 2.24) is 21.7 Å². The predicted molar refractivity (Wildman–Crippen MR) is 79.6 cm³/mol. The van der Waals surface area contributed by atoms with E-state index in [9.17, 15) is 39.0 Å². The quantitative estimate of drug-likeness (QED) is 0.0872. The van der Waals surface area contributed by atoms with Gasteiger partial charge in [0, 0.05) is 13.1 Å². The van der Waals surface area contributed by atoms with Crippen LogP contribution in [0.1, 0.15) is 12.8 Å². The van der Waals surface area contributed by atoms with E-state index in [0.29, 0.717) is 0 Å². The minimum atomic E-state index is -1.43. The van der Waals surface area contributed by atoms with Crippen LogP contribution in [0.4, 0.5) is 0 Å². The Morgan fingerprint density at radius 2 is 0.931 bits per heavy atom. The molecule has 0 aliphatic rings. The molecule has 0 amide bonds. The summed E-state index contributed by atoms with van der Waals surface area (Å²) in [6.45, 7) is -1.22. The molecule has 29 heavy (non-hydrogen) atoms. The summed E-state index contributed by atoms with van der Waals surface area (Å²) in [4.78, 5) is 60.9. The minimum Gasteiger partial charge on any atom is -0.549 e. The molecular formula is C12H18FeN4O12. The van der Waals surface area contributed by atoms with Gasteiger partial charge in [-0.2, -0.15) is 0 Å². The molecule has 0 fully saturated rings. The molecule has 0 saturated carbocycles. The number of rotatable bonds is 14. The number of aliphatic carboxylic acids is 6. The largest absolute Gasteiger partial charge is 2.00 e. The van der Waals surface area contributed by atoms with Crippen molar-refractivity contribution in [2.45, 2.75) is 24.9 Å². The van der Waals surface area contributed by atoms with Crippen molar-refractivity contribution in [2.75, 3.05) is 13.1 Å². The summed E-state index contributed by atoms with van der Waals surface area (Å²) < 4.78 is 0. The summed E-state index contributed by atoms with van der Waals surface area (Å²) in [6.07, 6.45) is -1.31. The van der Waals surface area contributed by atoms with Gasteiger partial charge in [-0.15, -0.1) is 0 Å². The van der Waals surface area contributed by atoms with E-state index >= 15 is 0 Å². The molecule has 0 spiro atoms. The number of hydrazine groups is 2. The Morgan fingerprint density at radius 3 is 1.10 bits per heavy atom. The first-order chi connectivity index (χ1) is 12.9. The summed E-state index contributed by atoms with van der Waals surface area (Å²) in [7, 11) is 0. The molecule has 16 nitrogen and oxygen atoms in total. The van der Waals surface area contributed by atoms with Gasteiger partial charge < -0.3 is 40.2 Å². The van der Waals surface area contributed by atoms with Gasteiger partial charge in [0.1, 0.15) is 12.1 Å². The van der Waals surface area contributed by atoms with Crippen molar-refractivity contribution < 1.29 is 76.5 Å². The van der Waals surface area contributed by atoms with Crippen molar-refractivity contribution in [3.8, 4) is 0 Å². The van der Waals surface area contributed by atoms with E-state index in [-0.39, 0.29) is 17.1 Å². The number of hydrogen-bond donors (Lipinski definition) is 8. The number of carbonyl (C=O) groups excluding carboxylic acids is 2. The molecule has 0 rings (SSSR count). The number of carboxylic acids is 6. The molecule has 0 aromatic carbocycles. The van der Waals surface area contributed by atoms with Crippen molar-refractivity contribution in [2.24, 2.45) is 0 Å². The van der Waals surface area contributed by atoms with Crippen LogP contribution in [0.5, 0.6) is 0 Å². The van der Waals surface area contributed by atoms with Crippen molar-refractivity contribution in [3.63, 3.8) is 0 Å². The molecule has 0 radical (unpaired) electrons. The Morgan fingerprint density at radius 1 is 0.655 bits per heavy atom. The van der Waals surface area contributed by atoms with E-state index in [2.05, 4.69) is 0 Å². The van der Waals surface area contributed by atoms with Crippen LogP contribution >= 0.6 is 0 Å². The van der Waals surface area contributed by atoms with Gasteiger partial charge in [0.2, 0.25) is 0 Å². The summed E-state index contributed by atoms with van der Waals surface area (Å²) in [5, 5.41) is 53.3. The number of carboxylic acid groups (broad SMARTS) is 6. The van der Waals surface area contributed by atoms with Crippen LogP contribution in [-0.2, 0) is 45.8 Å². The average Bonchev–Trinajstić information content (AvgIpc) is 2.52. The SMILES string of the molecule is O=C([O-])CNN[C@@H](CC(=O)O)C(=O)O.O=C([O-])CNN[C@@H](CC(=O)O)C(=O)O.[Fe+2]. The fourth-order valence-electron chi connectivity index (χ4n) is 1.24. The molecule has 0 aromatic heterocycles. The van der Waals surface area contributed by atoms with Crippen molar-refractivity contribution in [1.29, 1.82) is 0 Å². The smallest absolute Gasteiger partial charge is 0.549 e. The Kier molecular flexibility index (Phi) is 18.4. The van der Waals surface area contributed by atoms with Crippen LogP contribution in [-0.4, -0.2) is 81.4 Å². The first kappa shape index (κ1) is 30.9. The molecule has 0 unspecified atom stereocenters.